The van der Waals surface area contributed by atoms with E-state index in [1.165, 1.54) is 16.2 Å². The van der Waals surface area contributed by atoms with Crippen molar-refractivity contribution in [3.05, 3.63) is 21.9 Å². The van der Waals surface area contributed by atoms with Gasteiger partial charge in [-0.3, -0.25) is 0 Å². The predicted molar refractivity (Wildman–Crippen MR) is 63.5 cm³/mol. The first-order valence-electron chi connectivity index (χ1n) is 5.24. The molecule has 2 nitrogen and oxygen atoms in total. The molecule has 0 N–H and O–H groups in total. The number of hydrogen-bond acceptors (Lipinski definition) is 3. The van der Waals surface area contributed by atoms with E-state index in [9.17, 15) is 4.79 Å². The molecule has 1 heterocycles. The molecule has 0 spiro atoms. The Morgan fingerprint density at radius 3 is 2.60 bits per heavy atom. The number of thiophene rings is 1. The number of carbonyl (C=O) groups excluding carboxylic acids is 1. The van der Waals surface area contributed by atoms with Gasteiger partial charge in [-0.2, -0.15) is 0 Å². The average molecular weight is 226 g/mol. The van der Waals surface area contributed by atoms with Crippen molar-refractivity contribution in [1.82, 2.24) is 0 Å². The molecule has 3 heteroatoms. The van der Waals surface area contributed by atoms with Crippen LogP contribution in [0.25, 0.3) is 0 Å². The van der Waals surface area contributed by atoms with Crippen LogP contribution in [0.1, 0.15) is 48.7 Å². The lowest BCUT2D eigenvalue weighted by atomic mass is 10.2. The lowest BCUT2D eigenvalue weighted by molar-refractivity contribution is 0.00752. The summed E-state index contributed by atoms with van der Waals surface area (Å²) in [5, 5.41) is 0. The van der Waals surface area contributed by atoms with Gasteiger partial charge in [-0.15, -0.1) is 11.3 Å². The maximum Gasteiger partial charge on any atom is 0.348 e. The fourth-order valence-corrected chi connectivity index (χ4v) is 2.18. The molecule has 0 radical (unpaired) electrons. The third kappa shape index (κ3) is 4.04. The van der Waals surface area contributed by atoms with Gasteiger partial charge in [0.05, 0.1) is 0 Å². The Balaban J connectivity index is 2.66. The van der Waals surface area contributed by atoms with Crippen LogP contribution >= 0.6 is 11.3 Å². The third-order valence-corrected chi connectivity index (χ3v) is 2.88. The fourth-order valence-electron chi connectivity index (χ4n) is 1.20. The fraction of sp³-hybridized carbons (Fsp3) is 0.583. The maximum atomic E-state index is 11.7. The summed E-state index contributed by atoms with van der Waals surface area (Å²) in [4.78, 5) is 13.6. The average Bonchev–Trinajstić information content (AvgIpc) is 2.50. The predicted octanol–water partition coefficient (Wildman–Crippen LogP) is 3.66. The highest BCUT2D eigenvalue weighted by Gasteiger charge is 2.18. The van der Waals surface area contributed by atoms with E-state index in [0.29, 0.717) is 4.88 Å². The maximum absolute atomic E-state index is 11.7. The molecule has 0 saturated carbocycles. The molecular weight excluding hydrogens is 208 g/mol. The molecule has 84 valence electrons. The molecule has 0 aromatic carbocycles. The van der Waals surface area contributed by atoms with Gasteiger partial charge in [0.25, 0.3) is 0 Å². The van der Waals surface area contributed by atoms with Gasteiger partial charge in [-0.05, 0) is 39.3 Å². The molecule has 0 fully saturated rings. The van der Waals surface area contributed by atoms with Crippen molar-refractivity contribution < 1.29 is 9.53 Å². The van der Waals surface area contributed by atoms with E-state index >= 15 is 0 Å². The lowest BCUT2D eigenvalue weighted by Crippen LogP contribution is -2.23. The molecule has 0 aliphatic rings. The van der Waals surface area contributed by atoms with E-state index in [1.54, 1.807) is 0 Å². The van der Waals surface area contributed by atoms with Gasteiger partial charge in [0.15, 0.2) is 0 Å². The molecule has 15 heavy (non-hydrogen) atoms. The highest BCUT2D eigenvalue weighted by molar-refractivity contribution is 7.13. The Labute approximate surface area is 95.3 Å². The van der Waals surface area contributed by atoms with E-state index in [-0.39, 0.29) is 5.97 Å². The number of hydrogen-bond donors (Lipinski definition) is 0. The number of ether oxygens (including phenoxy) is 1. The summed E-state index contributed by atoms with van der Waals surface area (Å²) in [6.45, 7) is 7.77. The second kappa shape index (κ2) is 4.79. The molecule has 1 aromatic heterocycles. The van der Waals surface area contributed by atoms with Crippen LogP contribution in [0.5, 0.6) is 0 Å². The van der Waals surface area contributed by atoms with E-state index < -0.39 is 5.60 Å². The molecule has 0 bridgehead atoms. The van der Waals surface area contributed by atoms with Crippen LogP contribution < -0.4 is 0 Å². The zero-order valence-electron chi connectivity index (χ0n) is 9.79. The van der Waals surface area contributed by atoms with Crippen molar-refractivity contribution in [2.45, 2.75) is 46.1 Å². The van der Waals surface area contributed by atoms with Crippen molar-refractivity contribution in [3.63, 3.8) is 0 Å². The Bertz CT molecular complexity index is 334. The first-order valence-corrected chi connectivity index (χ1v) is 6.06. The van der Waals surface area contributed by atoms with Gasteiger partial charge >= 0.3 is 5.97 Å². The van der Waals surface area contributed by atoms with Crippen LogP contribution in [-0.2, 0) is 11.2 Å². The summed E-state index contributed by atoms with van der Waals surface area (Å²) >= 11 is 1.53. The van der Waals surface area contributed by atoms with Gasteiger partial charge in [-0.25, -0.2) is 4.79 Å². The molecule has 0 unspecified atom stereocenters. The highest BCUT2D eigenvalue weighted by atomic mass is 32.1. The Morgan fingerprint density at radius 2 is 2.07 bits per heavy atom. The first kappa shape index (κ1) is 12.2. The standard InChI is InChI=1S/C12H18O2S/c1-5-6-9-7-8-10(15-9)11(13)14-12(2,3)4/h7-8H,5-6H2,1-4H3. The van der Waals surface area contributed by atoms with Crippen molar-refractivity contribution in [1.29, 1.82) is 0 Å². The summed E-state index contributed by atoms with van der Waals surface area (Å²) in [5.74, 6) is -0.213. The van der Waals surface area contributed by atoms with Crippen LogP contribution in [-0.4, -0.2) is 11.6 Å². The normalized spacial score (nSPS) is 11.5. The summed E-state index contributed by atoms with van der Waals surface area (Å²) in [5.41, 5.74) is -0.411. The number of carbonyl (C=O) groups is 1. The van der Waals surface area contributed by atoms with Crippen LogP contribution in [0.2, 0.25) is 0 Å². The molecule has 0 aliphatic carbocycles. The summed E-state index contributed by atoms with van der Waals surface area (Å²) < 4.78 is 5.29. The van der Waals surface area contributed by atoms with Crippen LogP contribution in [0.3, 0.4) is 0 Å². The summed E-state index contributed by atoms with van der Waals surface area (Å²) in [6, 6.07) is 3.86. The topological polar surface area (TPSA) is 26.3 Å². The van der Waals surface area contributed by atoms with Crippen LogP contribution in [0.4, 0.5) is 0 Å². The van der Waals surface area contributed by atoms with Crippen molar-refractivity contribution in [2.75, 3.05) is 0 Å². The molecule has 0 saturated heterocycles. The van der Waals surface area contributed by atoms with E-state index in [4.69, 9.17) is 4.74 Å². The van der Waals surface area contributed by atoms with E-state index in [1.807, 2.05) is 32.9 Å². The van der Waals surface area contributed by atoms with Crippen LogP contribution in [0, 0.1) is 0 Å². The van der Waals surface area contributed by atoms with Gasteiger partial charge in [-0.1, -0.05) is 13.3 Å². The third-order valence-electron chi connectivity index (χ3n) is 1.76. The van der Waals surface area contributed by atoms with Gasteiger partial charge < -0.3 is 4.74 Å². The molecule has 0 amide bonds. The highest BCUT2D eigenvalue weighted by Crippen LogP contribution is 2.21. The Morgan fingerprint density at radius 1 is 1.40 bits per heavy atom. The van der Waals surface area contributed by atoms with Crippen molar-refractivity contribution in [2.24, 2.45) is 0 Å². The number of aryl methyl sites for hydroxylation is 1. The number of esters is 1. The molecule has 0 aliphatic heterocycles. The SMILES string of the molecule is CCCc1ccc(C(=O)OC(C)(C)C)s1. The zero-order valence-corrected chi connectivity index (χ0v) is 10.6. The Hall–Kier alpha value is -0.830. The summed E-state index contributed by atoms with van der Waals surface area (Å²) in [6.07, 6.45) is 2.14. The van der Waals surface area contributed by atoms with Gasteiger partial charge in [0.2, 0.25) is 0 Å². The quantitative estimate of drug-likeness (QED) is 0.735. The minimum absolute atomic E-state index is 0.213. The largest absolute Gasteiger partial charge is 0.456 e. The first-order chi connectivity index (χ1) is 6.92. The lowest BCUT2D eigenvalue weighted by Gasteiger charge is -2.18. The van der Waals surface area contributed by atoms with E-state index in [2.05, 4.69) is 6.92 Å². The smallest absolute Gasteiger partial charge is 0.348 e. The van der Waals surface area contributed by atoms with Gasteiger partial charge in [0, 0.05) is 4.88 Å². The van der Waals surface area contributed by atoms with Crippen molar-refractivity contribution in [3.8, 4) is 0 Å². The van der Waals surface area contributed by atoms with E-state index in [0.717, 1.165) is 12.8 Å². The van der Waals surface area contributed by atoms with Gasteiger partial charge in [0.1, 0.15) is 10.5 Å². The number of rotatable bonds is 3. The minimum Gasteiger partial charge on any atom is -0.456 e. The molecular formula is C12H18O2S. The second-order valence-corrected chi connectivity index (χ2v) is 5.69. The van der Waals surface area contributed by atoms with Crippen LogP contribution in [0.15, 0.2) is 12.1 Å². The summed E-state index contributed by atoms with van der Waals surface area (Å²) in [7, 11) is 0. The zero-order chi connectivity index (χ0) is 11.5. The van der Waals surface area contributed by atoms with Crippen molar-refractivity contribution >= 4 is 17.3 Å². The second-order valence-electron chi connectivity index (χ2n) is 4.52. The monoisotopic (exact) mass is 226 g/mol. The molecule has 1 rings (SSSR count). The Kier molecular flexibility index (Phi) is 3.91. The molecule has 1 aromatic rings. The molecule has 0 atom stereocenters. The minimum atomic E-state index is -0.411.